The highest BCUT2D eigenvalue weighted by Crippen LogP contribution is 2.23. The second-order valence-corrected chi connectivity index (χ2v) is 6.07. The van der Waals surface area contributed by atoms with Gasteiger partial charge < -0.3 is 10.1 Å². The van der Waals surface area contributed by atoms with Crippen molar-refractivity contribution in [1.82, 2.24) is 5.32 Å². The molecule has 0 aromatic heterocycles. The first-order valence-corrected chi connectivity index (χ1v) is 8.02. The Kier molecular flexibility index (Phi) is 7.68. The van der Waals surface area contributed by atoms with Crippen molar-refractivity contribution >= 4 is 0 Å². The molecule has 1 unspecified atom stereocenters. The monoisotopic (exact) mass is 277 g/mol. The molecule has 2 heteroatoms. The second kappa shape index (κ2) is 9.02. The van der Waals surface area contributed by atoms with Crippen LogP contribution < -0.4 is 10.1 Å². The van der Waals surface area contributed by atoms with Crippen LogP contribution in [0.3, 0.4) is 0 Å². The van der Waals surface area contributed by atoms with E-state index < -0.39 is 0 Å². The minimum absolute atomic E-state index is 0.207. The lowest BCUT2D eigenvalue weighted by Crippen LogP contribution is -2.29. The van der Waals surface area contributed by atoms with E-state index in [1.165, 1.54) is 30.4 Å². The van der Waals surface area contributed by atoms with Crippen molar-refractivity contribution in [3.63, 3.8) is 0 Å². The Morgan fingerprint density at radius 2 is 1.85 bits per heavy atom. The summed E-state index contributed by atoms with van der Waals surface area (Å²) < 4.78 is 6.03. The molecule has 1 aromatic rings. The van der Waals surface area contributed by atoms with Crippen LogP contribution in [0.4, 0.5) is 0 Å². The van der Waals surface area contributed by atoms with Crippen LogP contribution in [0, 0.1) is 6.92 Å². The number of nitrogens with one attached hydrogen (secondary N) is 1. The molecule has 1 aromatic carbocycles. The molecule has 2 nitrogen and oxygen atoms in total. The molecule has 0 heterocycles. The molecule has 0 amide bonds. The number of benzene rings is 1. The van der Waals surface area contributed by atoms with Gasteiger partial charge in [0.15, 0.2) is 0 Å². The molecular weight excluding hydrogens is 246 g/mol. The van der Waals surface area contributed by atoms with Crippen molar-refractivity contribution in [2.24, 2.45) is 0 Å². The molecule has 0 bridgehead atoms. The van der Waals surface area contributed by atoms with Crippen LogP contribution in [0.15, 0.2) is 18.2 Å². The fourth-order valence-corrected chi connectivity index (χ4v) is 2.26. The zero-order valence-electron chi connectivity index (χ0n) is 13.8. The predicted octanol–water partition coefficient (Wildman–Crippen LogP) is 4.67. The maximum Gasteiger partial charge on any atom is 0.120 e. The number of rotatable bonds is 9. The van der Waals surface area contributed by atoms with Crippen molar-refractivity contribution in [3.05, 3.63) is 29.3 Å². The summed E-state index contributed by atoms with van der Waals surface area (Å²) in [6, 6.07) is 6.54. The number of hydrogen-bond acceptors (Lipinski definition) is 2. The SMILES string of the molecule is CCCCCNCC(C)Oc1cc(C)cc(C(C)C)c1. The summed E-state index contributed by atoms with van der Waals surface area (Å²) in [4.78, 5) is 0. The fourth-order valence-electron chi connectivity index (χ4n) is 2.26. The van der Waals surface area contributed by atoms with Crippen molar-refractivity contribution in [2.75, 3.05) is 13.1 Å². The first kappa shape index (κ1) is 17.0. The summed E-state index contributed by atoms with van der Waals surface area (Å²) in [5.74, 6) is 1.54. The van der Waals surface area contributed by atoms with E-state index in [0.717, 1.165) is 18.8 Å². The molecule has 0 aliphatic carbocycles. The molecule has 1 N–H and O–H groups in total. The minimum atomic E-state index is 0.207. The molecule has 0 fully saturated rings. The molecule has 0 saturated heterocycles. The highest BCUT2D eigenvalue weighted by atomic mass is 16.5. The lowest BCUT2D eigenvalue weighted by Gasteiger charge is -2.17. The second-order valence-electron chi connectivity index (χ2n) is 6.07. The van der Waals surface area contributed by atoms with E-state index >= 15 is 0 Å². The van der Waals surface area contributed by atoms with Crippen molar-refractivity contribution in [2.45, 2.75) is 65.9 Å². The van der Waals surface area contributed by atoms with E-state index in [0.29, 0.717) is 5.92 Å². The molecule has 20 heavy (non-hydrogen) atoms. The van der Waals surface area contributed by atoms with Gasteiger partial charge in [0.05, 0.1) is 0 Å². The quantitative estimate of drug-likeness (QED) is 0.663. The van der Waals surface area contributed by atoms with Crippen molar-refractivity contribution < 1.29 is 4.74 Å². The maximum atomic E-state index is 6.03. The smallest absolute Gasteiger partial charge is 0.120 e. The van der Waals surface area contributed by atoms with Crippen LogP contribution in [-0.4, -0.2) is 19.2 Å². The summed E-state index contributed by atoms with van der Waals surface area (Å²) in [6.07, 6.45) is 4.04. The van der Waals surface area contributed by atoms with E-state index in [-0.39, 0.29) is 6.10 Å². The lowest BCUT2D eigenvalue weighted by molar-refractivity contribution is 0.217. The van der Waals surface area contributed by atoms with Gasteiger partial charge in [-0.2, -0.15) is 0 Å². The maximum absolute atomic E-state index is 6.03. The first-order chi connectivity index (χ1) is 9.52. The van der Waals surface area contributed by atoms with Crippen LogP contribution in [0.25, 0.3) is 0 Å². The normalized spacial score (nSPS) is 12.7. The lowest BCUT2D eigenvalue weighted by atomic mass is 10.0. The van der Waals surface area contributed by atoms with Gasteiger partial charge in [-0.25, -0.2) is 0 Å². The standard InChI is InChI=1S/C18H31NO/c1-6-7-8-9-19-13-16(5)20-18-11-15(4)10-17(12-18)14(2)3/h10-12,14,16,19H,6-9,13H2,1-5H3. The molecule has 0 spiro atoms. The van der Waals surface area contributed by atoms with Gasteiger partial charge in [0.1, 0.15) is 11.9 Å². The molecule has 0 saturated carbocycles. The van der Waals surface area contributed by atoms with Crippen LogP contribution in [0.2, 0.25) is 0 Å². The molecular formula is C18H31NO. The number of ether oxygens (including phenoxy) is 1. The number of unbranched alkanes of at least 4 members (excludes halogenated alkanes) is 2. The highest BCUT2D eigenvalue weighted by molar-refractivity contribution is 5.35. The zero-order chi connectivity index (χ0) is 15.0. The van der Waals surface area contributed by atoms with Gasteiger partial charge in [-0.15, -0.1) is 0 Å². The molecule has 114 valence electrons. The largest absolute Gasteiger partial charge is 0.489 e. The van der Waals surface area contributed by atoms with Crippen LogP contribution >= 0.6 is 0 Å². The Balaban J connectivity index is 2.43. The molecule has 1 rings (SSSR count). The van der Waals surface area contributed by atoms with Gasteiger partial charge in [0.25, 0.3) is 0 Å². The third kappa shape index (κ3) is 6.42. The topological polar surface area (TPSA) is 21.3 Å². The molecule has 1 atom stereocenters. The molecule has 0 radical (unpaired) electrons. The zero-order valence-corrected chi connectivity index (χ0v) is 13.8. The Morgan fingerprint density at radius 1 is 1.10 bits per heavy atom. The van der Waals surface area contributed by atoms with Gasteiger partial charge in [0.2, 0.25) is 0 Å². The summed E-state index contributed by atoms with van der Waals surface area (Å²) in [6.45, 7) is 12.9. The Bertz CT molecular complexity index is 387. The van der Waals surface area contributed by atoms with Crippen LogP contribution in [0.5, 0.6) is 5.75 Å². The van der Waals surface area contributed by atoms with E-state index in [4.69, 9.17) is 4.74 Å². The van der Waals surface area contributed by atoms with Gasteiger partial charge in [-0.1, -0.05) is 39.7 Å². The molecule has 0 aliphatic heterocycles. The Hall–Kier alpha value is -1.02. The van der Waals surface area contributed by atoms with E-state index in [1.807, 2.05) is 0 Å². The average molecular weight is 277 g/mol. The highest BCUT2D eigenvalue weighted by Gasteiger charge is 2.07. The summed E-state index contributed by atoms with van der Waals surface area (Å²) in [5, 5.41) is 3.47. The summed E-state index contributed by atoms with van der Waals surface area (Å²) >= 11 is 0. The third-order valence-electron chi connectivity index (χ3n) is 3.47. The fraction of sp³-hybridized carbons (Fsp3) is 0.667. The van der Waals surface area contributed by atoms with E-state index in [2.05, 4.69) is 58.1 Å². The van der Waals surface area contributed by atoms with Gasteiger partial charge in [0, 0.05) is 6.54 Å². The average Bonchev–Trinajstić information content (AvgIpc) is 2.37. The minimum Gasteiger partial charge on any atom is -0.489 e. The van der Waals surface area contributed by atoms with Gasteiger partial charge in [-0.3, -0.25) is 0 Å². The first-order valence-electron chi connectivity index (χ1n) is 8.02. The summed E-state index contributed by atoms with van der Waals surface area (Å²) in [5.41, 5.74) is 2.62. The van der Waals surface area contributed by atoms with Crippen LogP contribution in [0.1, 0.15) is 64.0 Å². The predicted molar refractivity (Wildman–Crippen MR) is 87.8 cm³/mol. The van der Waals surface area contributed by atoms with Gasteiger partial charge >= 0.3 is 0 Å². The van der Waals surface area contributed by atoms with Crippen LogP contribution in [-0.2, 0) is 0 Å². The van der Waals surface area contributed by atoms with E-state index in [1.54, 1.807) is 0 Å². The Labute approximate surface area is 124 Å². The Morgan fingerprint density at radius 3 is 2.50 bits per heavy atom. The van der Waals surface area contributed by atoms with Crippen molar-refractivity contribution in [1.29, 1.82) is 0 Å². The van der Waals surface area contributed by atoms with E-state index in [9.17, 15) is 0 Å². The van der Waals surface area contributed by atoms with Gasteiger partial charge in [-0.05, 0) is 56.0 Å². The number of hydrogen-bond donors (Lipinski definition) is 1. The number of aryl methyl sites for hydroxylation is 1. The third-order valence-corrected chi connectivity index (χ3v) is 3.47. The summed E-state index contributed by atoms with van der Waals surface area (Å²) in [7, 11) is 0. The molecule has 0 aliphatic rings. The van der Waals surface area contributed by atoms with Crippen molar-refractivity contribution in [3.8, 4) is 5.75 Å².